The highest BCUT2D eigenvalue weighted by molar-refractivity contribution is 5.84. The van der Waals surface area contributed by atoms with Crippen LogP contribution >= 0.6 is 0 Å². The number of hydrogen-bond acceptors (Lipinski definition) is 4. The fraction of sp³-hybridized carbons (Fsp3) is 0.190. The minimum absolute atomic E-state index is 0.264. The maximum Gasteiger partial charge on any atom is 0.231 e. The van der Waals surface area contributed by atoms with Gasteiger partial charge in [-0.2, -0.15) is 0 Å². The van der Waals surface area contributed by atoms with Crippen LogP contribution in [0.15, 0.2) is 55.1 Å². The molecule has 2 heterocycles. The van der Waals surface area contributed by atoms with Crippen molar-refractivity contribution in [1.29, 1.82) is 0 Å². The standard InChI is InChI=1S/C21H19NO3/c1-3-5-16-10-19-20(25-13-24-19)11-17(16)12-23-18-7-4-6-15-9-8-14(2)22-21(15)18/h3-4,6-11H,1,5,12-13H2,2H3. The Morgan fingerprint density at radius 1 is 1.12 bits per heavy atom. The van der Waals surface area contributed by atoms with Gasteiger partial charge in [0.1, 0.15) is 17.9 Å². The van der Waals surface area contributed by atoms with Gasteiger partial charge in [-0.15, -0.1) is 6.58 Å². The lowest BCUT2D eigenvalue weighted by molar-refractivity contribution is 0.174. The van der Waals surface area contributed by atoms with Crippen LogP contribution in [0, 0.1) is 6.92 Å². The Labute approximate surface area is 146 Å². The molecule has 0 bridgehead atoms. The molecule has 0 saturated heterocycles. The first-order valence-corrected chi connectivity index (χ1v) is 8.26. The second-order valence-corrected chi connectivity index (χ2v) is 6.04. The smallest absolute Gasteiger partial charge is 0.231 e. The number of para-hydroxylation sites is 1. The number of pyridine rings is 1. The van der Waals surface area contributed by atoms with E-state index in [0.717, 1.165) is 51.4 Å². The number of benzene rings is 2. The van der Waals surface area contributed by atoms with Crippen molar-refractivity contribution in [3.63, 3.8) is 0 Å². The summed E-state index contributed by atoms with van der Waals surface area (Å²) in [5, 5.41) is 1.07. The number of ether oxygens (including phenoxy) is 3. The van der Waals surface area contributed by atoms with Crippen LogP contribution in [0.3, 0.4) is 0 Å². The van der Waals surface area contributed by atoms with Crippen LogP contribution in [0.25, 0.3) is 10.9 Å². The molecule has 0 spiro atoms. The molecule has 4 nitrogen and oxygen atoms in total. The highest BCUT2D eigenvalue weighted by Crippen LogP contribution is 2.36. The van der Waals surface area contributed by atoms with Crippen molar-refractivity contribution in [1.82, 2.24) is 4.98 Å². The van der Waals surface area contributed by atoms with Gasteiger partial charge in [-0.05, 0) is 48.7 Å². The lowest BCUT2D eigenvalue weighted by Crippen LogP contribution is -2.01. The molecule has 2 aromatic carbocycles. The molecule has 1 aliphatic rings. The quantitative estimate of drug-likeness (QED) is 0.641. The highest BCUT2D eigenvalue weighted by atomic mass is 16.7. The lowest BCUT2D eigenvalue weighted by Gasteiger charge is -2.13. The lowest BCUT2D eigenvalue weighted by atomic mass is 10.0. The van der Waals surface area contributed by atoms with E-state index in [1.807, 2.05) is 49.4 Å². The van der Waals surface area contributed by atoms with Gasteiger partial charge in [0.05, 0.1) is 0 Å². The van der Waals surface area contributed by atoms with Crippen LogP contribution in [-0.4, -0.2) is 11.8 Å². The van der Waals surface area contributed by atoms with E-state index in [0.29, 0.717) is 6.61 Å². The van der Waals surface area contributed by atoms with Crippen molar-refractivity contribution in [3.05, 3.63) is 71.9 Å². The van der Waals surface area contributed by atoms with Gasteiger partial charge in [0, 0.05) is 11.1 Å². The predicted octanol–water partition coefficient (Wildman–Crippen LogP) is 4.58. The zero-order valence-corrected chi connectivity index (χ0v) is 14.1. The summed E-state index contributed by atoms with van der Waals surface area (Å²) < 4.78 is 17.1. The molecular formula is C21H19NO3. The van der Waals surface area contributed by atoms with E-state index in [9.17, 15) is 0 Å². The van der Waals surface area contributed by atoms with E-state index < -0.39 is 0 Å². The van der Waals surface area contributed by atoms with E-state index in [1.54, 1.807) is 0 Å². The highest BCUT2D eigenvalue weighted by Gasteiger charge is 2.17. The molecule has 4 rings (SSSR count). The van der Waals surface area contributed by atoms with Crippen molar-refractivity contribution < 1.29 is 14.2 Å². The topological polar surface area (TPSA) is 40.6 Å². The fourth-order valence-electron chi connectivity index (χ4n) is 3.00. The van der Waals surface area contributed by atoms with Crippen molar-refractivity contribution in [2.45, 2.75) is 20.0 Å². The van der Waals surface area contributed by atoms with Gasteiger partial charge < -0.3 is 14.2 Å². The average molecular weight is 333 g/mol. The number of fused-ring (bicyclic) bond motifs is 2. The molecule has 25 heavy (non-hydrogen) atoms. The van der Waals surface area contributed by atoms with Crippen molar-refractivity contribution in [3.8, 4) is 17.2 Å². The molecular weight excluding hydrogens is 314 g/mol. The first-order valence-electron chi connectivity index (χ1n) is 8.26. The maximum atomic E-state index is 6.11. The molecule has 0 saturated carbocycles. The molecule has 0 N–H and O–H groups in total. The van der Waals surface area contributed by atoms with Crippen LogP contribution in [0.1, 0.15) is 16.8 Å². The molecule has 126 valence electrons. The number of allylic oxidation sites excluding steroid dienone is 1. The summed E-state index contributed by atoms with van der Waals surface area (Å²) >= 11 is 0. The minimum Gasteiger partial charge on any atom is -0.487 e. The summed E-state index contributed by atoms with van der Waals surface area (Å²) in [6.45, 7) is 6.52. The summed E-state index contributed by atoms with van der Waals surface area (Å²) in [5.74, 6) is 2.32. The second kappa shape index (κ2) is 6.48. The third-order valence-corrected chi connectivity index (χ3v) is 4.26. The van der Waals surface area contributed by atoms with Gasteiger partial charge in [-0.25, -0.2) is 4.98 Å². The third-order valence-electron chi connectivity index (χ3n) is 4.26. The van der Waals surface area contributed by atoms with E-state index in [2.05, 4.69) is 17.6 Å². The number of nitrogens with zero attached hydrogens (tertiary/aromatic N) is 1. The predicted molar refractivity (Wildman–Crippen MR) is 97.3 cm³/mol. The summed E-state index contributed by atoms with van der Waals surface area (Å²) in [6, 6.07) is 14.0. The number of rotatable bonds is 5. The van der Waals surface area contributed by atoms with Crippen LogP contribution in [0.5, 0.6) is 17.2 Å². The first kappa shape index (κ1) is 15.5. The Kier molecular flexibility index (Phi) is 4.02. The Morgan fingerprint density at radius 2 is 1.92 bits per heavy atom. The summed E-state index contributed by atoms with van der Waals surface area (Å²) in [6.07, 6.45) is 2.63. The van der Waals surface area contributed by atoms with Crippen LogP contribution in [0.2, 0.25) is 0 Å². The first-order chi connectivity index (χ1) is 12.2. The molecule has 0 radical (unpaired) electrons. The van der Waals surface area contributed by atoms with E-state index in [-0.39, 0.29) is 6.79 Å². The Balaban J connectivity index is 1.65. The monoisotopic (exact) mass is 333 g/mol. The fourth-order valence-corrected chi connectivity index (χ4v) is 3.00. The Morgan fingerprint density at radius 3 is 2.72 bits per heavy atom. The molecule has 0 fully saturated rings. The largest absolute Gasteiger partial charge is 0.487 e. The molecule has 1 aliphatic heterocycles. The molecule has 4 heteroatoms. The van der Waals surface area contributed by atoms with Gasteiger partial charge in [0.25, 0.3) is 0 Å². The third kappa shape index (κ3) is 3.03. The molecule has 0 aliphatic carbocycles. The Hall–Kier alpha value is -3.01. The normalized spacial score (nSPS) is 12.4. The Bertz CT molecular complexity index is 949. The molecule has 1 aromatic heterocycles. The average Bonchev–Trinajstić information content (AvgIpc) is 3.07. The number of hydrogen-bond donors (Lipinski definition) is 0. The summed E-state index contributed by atoms with van der Waals surface area (Å²) in [4.78, 5) is 4.62. The molecule has 0 atom stereocenters. The zero-order valence-electron chi connectivity index (χ0n) is 14.1. The van der Waals surface area contributed by atoms with E-state index >= 15 is 0 Å². The van der Waals surface area contributed by atoms with Crippen molar-refractivity contribution in [2.75, 3.05) is 6.79 Å². The number of aryl methyl sites for hydroxylation is 1. The summed E-state index contributed by atoms with van der Waals surface area (Å²) in [7, 11) is 0. The summed E-state index contributed by atoms with van der Waals surface area (Å²) in [5.41, 5.74) is 4.05. The van der Waals surface area contributed by atoms with Gasteiger partial charge >= 0.3 is 0 Å². The van der Waals surface area contributed by atoms with Gasteiger partial charge in [-0.3, -0.25) is 0 Å². The van der Waals surface area contributed by atoms with E-state index in [1.165, 1.54) is 0 Å². The zero-order chi connectivity index (χ0) is 17.2. The van der Waals surface area contributed by atoms with Crippen LogP contribution < -0.4 is 14.2 Å². The van der Waals surface area contributed by atoms with Gasteiger partial charge in [0.2, 0.25) is 6.79 Å². The molecule has 0 unspecified atom stereocenters. The molecule has 3 aromatic rings. The van der Waals surface area contributed by atoms with Crippen molar-refractivity contribution in [2.24, 2.45) is 0 Å². The van der Waals surface area contributed by atoms with Crippen LogP contribution in [-0.2, 0) is 13.0 Å². The van der Waals surface area contributed by atoms with E-state index in [4.69, 9.17) is 14.2 Å². The second-order valence-electron chi connectivity index (χ2n) is 6.04. The number of aromatic nitrogens is 1. The maximum absolute atomic E-state index is 6.11. The van der Waals surface area contributed by atoms with Crippen molar-refractivity contribution >= 4 is 10.9 Å². The van der Waals surface area contributed by atoms with Gasteiger partial charge in [-0.1, -0.05) is 24.3 Å². The van der Waals surface area contributed by atoms with Gasteiger partial charge in [0.15, 0.2) is 11.5 Å². The van der Waals surface area contributed by atoms with Crippen LogP contribution in [0.4, 0.5) is 0 Å². The minimum atomic E-state index is 0.264. The molecule has 0 amide bonds. The SMILES string of the molecule is C=CCc1cc2c(cc1COc1cccc3ccc(C)nc13)OCO2.